The maximum atomic E-state index is 12.5. The molecule has 2 N–H and O–H groups in total. The molecule has 1 aliphatic rings. The summed E-state index contributed by atoms with van der Waals surface area (Å²) in [6, 6.07) is -0.0519. The third-order valence-electron chi connectivity index (χ3n) is 5.41. The van der Waals surface area contributed by atoms with E-state index in [1.165, 1.54) is 32.1 Å². The van der Waals surface area contributed by atoms with Crippen molar-refractivity contribution in [2.75, 3.05) is 0 Å². The second-order valence-corrected chi connectivity index (χ2v) is 7.39. The first-order valence-electron chi connectivity index (χ1n) is 9.37. The van der Waals surface area contributed by atoms with Gasteiger partial charge in [0.05, 0.1) is 12.1 Å². The summed E-state index contributed by atoms with van der Waals surface area (Å²) < 4.78 is 1.79. The van der Waals surface area contributed by atoms with Gasteiger partial charge in [-0.05, 0) is 32.6 Å². The number of carbonyl (C=O) groups is 2. The number of amides is 1. The van der Waals surface area contributed by atoms with Gasteiger partial charge >= 0.3 is 5.97 Å². The Balaban J connectivity index is 1.96. The van der Waals surface area contributed by atoms with Gasteiger partial charge in [0.1, 0.15) is 0 Å². The van der Waals surface area contributed by atoms with Crippen LogP contribution in [-0.2, 0) is 23.1 Å². The van der Waals surface area contributed by atoms with Crippen molar-refractivity contribution >= 4 is 11.9 Å². The normalized spacial score (nSPS) is 16.6. The summed E-state index contributed by atoms with van der Waals surface area (Å²) in [7, 11) is 1.88. The van der Waals surface area contributed by atoms with Crippen molar-refractivity contribution in [1.82, 2.24) is 15.1 Å². The number of hydrogen-bond acceptors (Lipinski definition) is 3. The van der Waals surface area contributed by atoms with E-state index in [0.717, 1.165) is 23.4 Å². The first-order chi connectivity index (χ1) is 11.9. The number of carboxylic acid groups (broad SMARTS) is 1. The molecule has 1 aromatic heterocycles. The molecule has 140 valence electrons. The summed E-state index contributed by atoms with van der Waals surface area (Å²) in [5.41, 5.74) is 2.85. The van der Waals surface area contributed by atoms with Crippen LogP contribution in [0.5, 0.6) is 0 Å². The smallest absolute Gasteiger partial charge is 0.303 e. The van der Waals surface area contributed by atoms with Gasteiger partial charge < -0.3 is 10.4 Å². The Labute approximate surface area is 150 Å². The summed E-state index contributed by atoms with van der Waals surface area (Å²) in [4.78, 5) is 23.5. The Kier molecular flexibility index (Phi) is 7.02. The maximum absolute atomic E-state index is 12.5. The Morgan fingerprint density at radius 1 is 1.28 bits per heavy atom. The molecule has 0 spiro atoms. The summed E-state index contributed by atoms with van der Waals surface area (Å²) in [5.74, 6) is -0.234. The number of carbonyl (C=O) groups excluding carboxylic acids is 1. The first-order valence-corrected chi connectivity index (χ1v) is 9.37. The van der Waals surface area contributed by atoms with E-state index in [2.05, 4.69) is 10.4 Å². The fourth-order valence-corrected chi connectivity index (χ4v) is 3.88. The largest absolute Gasteiger partial charge is 0.481 e. The Bertz CT molecular complexity index is 603. The van der Waals surface area contributed by atoms with Crippen molar-refractivity contribution < 1.29 is 14.7 Å². The minimum Gasteiger partial charge on any atom is -0.481 e. The monoisotopic (exact) mass is 349 g/mol. The molecule has 1 aliphatic carbocycles. The van der Waals surface area contributed by atoms with Crippen molar-refractivity contribution in [3.63, 3.8) is 0 Å². The van der Waals surface area contributed by atoms with Crippen LogP contribution in [0.4, 0.5) is 0 Å². The van der Waals surface area contributed by atoms with E-state index in [4.69, 9.17) is 5.11 Å². The maximum Gasteiger partial charge on any atom is 0.303 e. The molecular weight excluding hydrogens is 318 g/mol. The van der Waals surface area contributed by atoms with Crippen LogP contribution in [0, 0.1) is 19.8 Å². The zero-order chi connectivity index (χ0) is 18.4. The highest BCUT2D eigenvalue weighted by Gasteiger charge is 2.22. The minimum atomic E-state index is -0.804. The predicted octanol–water partition coefficient (Wildman–Crippen LogP) is 2.90. The van der Waals surface area contributed by atoms with Gasteiger partial charge in [-0.15, -0.1) is 0 Å². The second kappa shape index (κ2) is 9.02. The lowest BCUT2D eigenvalue weighted by molar-refractivity contribution is -0.137. The molecule has 1 unspecified atom stereocenters. The Morgan fingerprint density at radius 2 is 1.96 bits per heavy atom. The standard InChI is InChI=1S/C19H31N3O3/c1-13-17(14(2)22(3)21-13)12-18(23)20-16(9-10-19(24)25)11-15-7-5-4-6-8-15/h15-16H,4-12H2,1-3H3,(H,20,23)(H,24,25). The van der Waals surface area contributed by atoms with Gasteiger partial charge in [-0.3, -0.25) is 14.3 Å². The second-order valence-electron chi connectivity index (χ2n) is 7.39. The number of carboxylic acids is 1. The molecule has 6 nitrogen and oxygen atoms in total. The van der Waals surface area contributed by atoms with Crippen LogP contribution >= 0.6 is 0 Å². The fraction of sp³-hybridized carbons (Fsp3) is 0.737. The topological polar surface area (TPSA) is 84.2 Å². The zero-order valence-corrected chi connectivity index (χ0v) is 15.7. The van der Waals surface area contributed by atoms with Gasteiger partial charge in [0.2, 0.25) is 5.91 Å². The van der Waals surface area contributed by atoms with Crippen LogP contribution in [0.2, 0.25) is 0 Å². The van der Waals surface area contributed by atoms with Crippen molar-refractivity contribution in [1.29, 1.82) is 0 Å². The molecule has 1 aromatic rings. The average Bonchev–Trinajstić information content (AvgIpc) is 2.80. The number of aryl methyl sites for hydroxylation is 2. The number of rotatable bonds is 8. The molecule has 1 fully saturated rings. The van der Waals surface area contributed by atoms with E-state index in [9.17, 15) is 9.59 Å². The quantitative estimate of drug-likeness (QED) is 0.756. The number of hydrogen-bond donors (Lipinski definition) is 2. The highest BCUT2D eigenvalue weighted by Crippen LogP contribution is 2.28. The Morgan fingerprint density at radius 3 is 2.52 bits per heavy atom. The van der Waals surface area contributed by atoms with Gasteiger partial charge in [-0.25, -0.2) is 0 Å². The van der Waals surface area contributed by atoms with E-state index in [-0.39, 0.29) is 18.4 Å². The molecule has 2 rings (SSSR count). The summed E-state index contributed by atoms with van der Waals surface area (Å²) in [5, 5.41) is 16.4. The van der Waals surface area contributed by atoms with E-state index in [1.807, 2.05) is 20.9 Å². The molecule has 0 saturated heterocycles. The number of nitrogens with zero attached hydrogens (tertiary/aromatic N) is 2. The average molecular weight is 349 g/mol. The van der Waals surface area contributed by atoms with Crippen LogP contribution in [0.1, 0.15) is 68.3 Å². The van der Waals surface area contributed by atoms with Crippen LogP contribution in [0.15, 0.2) is 0 Å². The van der Waals surface area contributed by atoms with Crippen molar-refractivity contribution in [3.05, 3.63) is 17.0 Å². The highest BCUT2D eigenvalue weighted by atomic mass is 16.4. The summed E-state index contributed by atoms with van der Waals surface area (Å²) in [6.45, 7) is 3.88. The van der Waals surface area contributed by atoms with Gasteiger partial charge in [-0.1, -0.05) is 32.1 Å². The van der Waals surface area contributed by atoms with Crippen molar-refractivity contribution in [2.45, 2.75) is 77.7 Å². The number of nitrogens with one attached hydrogen (secondary N) is 1. The predicted molar refractivity (Wildman–Crippen MR) is 96.4 cm³/mol. The van der Waals surface area contributed by atoms with Crippen LogP contribution < -0.4 is 5.32 Å². The lowest BCUT2D eigenvalue weighted by Gasteiger charge is -2.27. The molecule has 0 radical (unpaired) electrons. The van der Waals surface area contributed by atoms with Crippen molar-refractivity contribution in [3.8, 4) is 0 Å². The third kappa shape index (κ3) is 5.87. The summed E-state index contributed by atoms with van der Waals surface area (Å²) >= 11 is 0. The molecule has 0 aliphatic heterocycles. The number of aliphatic carboxylic acids is 1. The first kappa shape index (κ1) is 19.5. The molecular formula is C19H31N3O3. The van der Waals surface area contributed by atoms with Gasteiger partial charge in [-0.2, -0.15) is 5.10 Å². The highest BCUT2D eigenvalue weighted by molar-refractivity contribution is 5.79. The van der Waals surface area contributed by atoms with E-state index >= 15 is 0 Å². The van der Waals surface area contributed by atoms with E-state index in [1.54, 1.807) is 4.68 Å². The third-order valence-corrected chi connectivity index (χ3v) is 5.41. The van der Waals surface area contributed by atoms with E-state index < -0.39 is 5.97 Å². The van der Waals surface area contributed by atoms with Gasteiger partial charge in [0.25, 0.3) is 0 Å². The molecule has 1 saturated carbocycles. The van der Waals surface area contributed by atoms with Crippen LogP contribution in [0.25, 0.3) is 0 Å². The van der Waals surface area contributed by atoms with E-state index in [0.29, 0.717) is 18.8 Å². The van der Waals surface area contributed by atoms with Gasteiger partial charge in [0.15, 0.2) is 0 Å². The molecule has 25 heavy (non-hydrogen) atoms. The Hall–Kier alpha value is -1.85. The summed E-state index contributed by atoms with van der Waals surface area (Å²) in [6.07, 6.45) is 7.98. The molecule has 0 aromatic carbocycles. The fourth-order valence-electron chi connectivity index (χ4n) is 3.88. The zero-order valence-electron chi connectivity index (χ0n) is 15.7. The van der Waals surface area contributed by atoms with Gasteiger partial charge in [0, 0.05) is 30.8 Å². The lowest BCUT2D eigenvalue weighted by atomic mass is 9.84. The molecule has 1 atom stereocenters. The molecule has 6 heteroatoms. The lowest BCUT2D eigenvalue weighted by Crippen LogP contribution is -2.38. The van der Waals surface area contributed by atoms with Crippen LogP contribution in [0.3, 0.4) is 0 Å². The minimum absolute atomic E-state index is 0.0367. The van der Waals surface area contributed by atoms with Crippen LogP contribution in [-0.4, -0.2) is 32.8 Å². The molecule has 1 amide bonds. The molecule has 1 heterocycles. The molecule has 0 bridgehead atoms. The van der Waals surface area contributed by atoms with Crippen molar-refractivity contribution in [2.24, 2.45) is 13.0 Å². The number of aromatic nitrogens is 2. The SMILES string of the molecule is Cc1nn(C)c(C)c1CC(=O)NC(CCC(=O)O)CC1CCCCC1.